The molecule has 0 amide bonds. The number of para-hydroxylation sites is 1. The number of hydrogen-bond donors (Lipinski definition) is 2. The van der Waals surface area contributed by atoms with Crippen LogP contribution in [-0.2, 0) is 17.6 Å². The average molecular weight is 355 g/mol. The van der Waals surface area contributed by atoms with Crippen molar-refractivity contribution in [3.8, 4) is 0 Å². The van der Waals surface area contributed by atoms with E-state index < -0.39 is 0 Å². The molecule has 2 aromatic rings. The molecule has 1 saturated heterocycles. The molecule has 26 heavy (non-hydrogen) atoms. The Labute approximate surface area is 156 Å². The smallest absolute Gasteiger partial charge is 0.224 e. The molecule has 0 unspecified atom stereocenters. The van der Waals surface area contributed by atoms with E-state index in [4.69, 9.17) is 4.74 Å². The summed E-state index contributed by atoms with van der Waals surface area (Å²) >= 11 is 0. The van der Waals surface area contributed by atoms with E-state index in [2.05, 4.69) is 57.5 Å². The summed E-state index contributed by atoms with van der Waals surface area (Å²) in [5.41, 5.74) is 3.80. The summed E-state index contributed by atoms with van der Waals surface area (Å²) in [4.78, 5) is 11.4. The van der Waals surface area contributed by atoms with Crippen LogP contribution in [-0.4, -0.2) is 54.3 Å². The van der Waals surface area contributed by atoms with Crippen molar-refractivity contribution in [2.45, 2.75) is 26.7 Å². The van der Waals surface area contributed by atoms with Crippen LogP contribution in [0.2, 0.25) is 0 Å². The molecule has 140 valence electrons. The van der Waals surface area contributed by atoms with E-state index in [1.807, 2.05) is 6.07 Å². The van der Waals surface area contributed by atoms with Crippen molar-refractivity contribution in [3.63, 3.8) is 0 Å². The van der Waals surface area contributed by atoms with Gasteiger partial charge >= 0.3 is 0 Å². The molecule has 0 saturated carbocycles. The number of aryl methyl sites for hydroxylation is 2. The molecule has 0 radical (unpaired) electrons. The molecule has 6 heteroatoms. The molecule has 0 spiro atoms. The Morgan fingerprint density at radius 3 is 2.50 bits per heavy atom. The Bertz CT molecular complexity index is 678. The third-order valence-electron chi connectivity index (χ3n) is 4.72. The second kappa shape index (κ2) is 9.50. The van der Waals surface area contributed by atoms with E-state index in [1.165, 1.54) is 16.8 Å². The largest absolute Gasteiger partial charge is 0.379 e. The fourth-order valence-corrected chi connectivity index (χ4v) is 3.20. The van der Waals surface area contributed by atoms with Gasteiger partial charge in [-0.3, -0.25) is 4.90 Å². The summed E-state index contributed by atoms with van der Waals surface area (Å²) in [5.74, 6) is 1.49. The molecule has 0 bridgehead atoms. The molecule has 1 aromatic carbocycles. The number of hydrogen-bond acceptors (Lipinski definition) is 6. The van der Waals surface area contributed by atoms with Crippen LogP contribution in [0.15, 0.2) is 30.5 Å². The zero-order valence-electron chi connectivity index (χ0n) is 15.8. The van der Waals surface area contributed by atoms with Crippen molar-refractivity contribution in [1.29, 1.82) is 0 Å². The van der Waals surface area contributed by atoms with E-state index in [-0.39, 0.29) is 0 Å². The van der Waals surface area contributed by atoms with Gasteiger partial charge in [-0.05, 0) is 30.0 Å². The highest BCUT2D eigenvalue weighted by Crippen LogP contribution is 2.25. The summed E-state index contributed by atoms with van der Waals surface area (Å²) in [6.07, 6.45) is 3.78. The lowest BCUT2D eigenvalue weighted by atomic mass is 10.0. The molecule has 1 aliphatic rings. The van der Waals surface area contributed by atoms with Gasteiger partial charge in [0.2, 0.25) is 5.95 Å². The standard InChI is InChI=1S/C20H29N5O/c1-3-16-6-5-7-17(4-2)19(16)23-18-8-9-21-20(24-18)22-10-11-25-12-14-26-15-13-25/h5-9H,3-4,10-15H2,1-2H3,(H2,21,22,23,24). The predicted octanol–water partition coefficient (Wildman–Crippen LogP) is 3.09. The van der Waals surface area contributed by atoms with Crippen molar-refractivity contribution < 1.29 is 4.74 Å². The summed E-state index contributed by atoms with van der Waals surface area (Å²) in [6.45, 7) is 9.81. The van der Waals surface area contributed by atoms with E-state index >= 15 is 0 Å². The highest BCUT2D eigenvalue weighted by Gasteiger charge is 2.10. The SMILES string of the molecule is CCc1cccc(CC)c1Nc1ccnc(NCCN2CCOCC2)n1. The number of morpholine rings is 1. The molecular formula is C20H29N5O. The van der Waals surface area contributed by atoms with Gasteiger partial charge in [0.15, 0.2) is 0 Å². The van der Waals surface area contributed by atoms with Crippen molar-refractivity contribution in [2.75, 3.05) is 50.0 Å². The van der Waals surface area contributed by atoms with Gasteiger partial charge in [0.1, 0.15) is 5.82 Å². The Morgan fingerprint density at radius 1 is 1.08 bits per heavy atom. The third-order valence-corrected chi connectivity index (χ3v) is 4.72. The van der Waals surface area contributed by atoms with Gasteiger partial charge < -0.3 is 15.4 Å². The molecule has 1 aromatic heterocycles. The first-order chi connectivity index (χ1) is 12.8. The average Bonchev–Trinajstić information content (AvgIpc) is 2.69. The summed E-state index contributed by atoms with van der Waals surface area (Å²) in [6, 6.07) is 8.38. The Morgan fingerprint density at radius 2 is 1.81 bits per heavy atom. The number of ether oxygens (including phenoxy) is 1. The predicted molar refractivity (Wildman–Crippen MR) is 106 cm³/mol. The highest BCUT2D eigenvalue weighted by molar-refractivity contribution is 5.65. The summed E-state index contributed by atoms with van der Waals surface area (Å²) in [5, 5.41) is 6.84. The first-order valence-electron chi connectivity index (χ1n) is 9.55. The van der Waals surface area contributed by atoms with Crippen LogP contribution in [0.25, 0.3) is 0 Å². The number of rotatable bonds is 8. The maximum absolute atomic E-state index is 5.38. The second-order valence-electron chi connectivity index (χ2n) is 6.43. The third kappa shape index (κ3) is 4.93. The molecule has 3 rings (SSSR count). The summed E-state index contributed by atoms with van der Waals surface area (Å²) in [7, 11) is 0. The van der Waals surface area contributed by atoms with Crippen molar-refractivity contribution in [2.24, 2.45) is 0 Å². The van der Waals surface area contributed by atoms with Crippen molar-refractivity contribution in [1.82, 2.24) is 14.9 Å². The second-order valence-corrected chi connectivity index (χ2v) is 6.43. The van der Waals surface area contributed by atoms with Gasteiger partial charge in [-0.25, -0.2) is 4.98 Å². The number of anilines is 3. The Balaban J connectivity index is 1.62. The quantitative estimate of drug-likeness (QED) is 0.759. The zero-order chi connectivity index (χ0) is 18.2. The van der Waals surface area contributed by atoms with Crippen LogP contribution in [0.3, 0.4) is 0 Å². The van der Waals surface area contributed by atoms with Gasteiger partial charge in [0.25, 0.3) is 0 Å². The maximum atomic E-state index is 5.38. The van der Waals surface area contributed by atoms with Crippen LogP contribution >= 0.6 is 0 Å². The Hall–Kier alpha value is -2.18. The molecule has 1 aliphatic heterocycles. The molecule has 0 aliphatic carbocycles. The lowest BCUT2D eigenvalue weighted by Gasteiger charge is -2.26. The molecular weight excluding hydrogens is 326 g/mol. The van der Waals surface area contributed by atoms with Crippen LogP contribution in [0.5, 0.6) is 0 Å². The number of aromatic nitrogens is 2. The number of benzene rings is 1. The monoisotopic (exact) mass is 355 g/mol. The topological polar surface area (TPSA) is 62.3 Å². The van der Waals surface area contributed by atoms with Crippen molar-refractivity contribution in [3.05, 3.63) is 41.6 Å². The Kier molecular flexibility index (Phi) is 6.80. The minimum Gasteiger partial charge on any atom is -0.379 e. The van der Waals surface area contributed by atoms with Crippen LogP contribution in [0.1, 0.15) is 25.0 Å². The number of nitrogens with zero attached hydrogens (tertiary/aromatic N) is 3. The van der Waals surface area contributed by atoms with Crippen LogP contribution < -0.4 is 10.6 Å². The number of nitrogens with one attached hydrogen (secondary N) is 2. The summed E-state index contributed by atoms with van der Waals surface area (Å²) < 4.78 is 5.38. The minimum absolute atomic E-state index is 0.662. The fraction of sp³-hybridized carbons (Fsp3) is 0.500. The fourth-order valence-electron chi connectivity index (χ4n) is 3.20. The van der Waals surface area contributed by atoms with Gasteiger partial charge in [-0.2, -0.15) is 4.98 Å². The normalized spacial score (nSPS) is 15.0. The van der Waals surface area contributed by atoms with Crippen LogP contribution in [0.4, 0.5) is 17.5 Å². The molecule has 6 nitrogen and oxygen atoms in total. The van der Waals surface area contributed by atoms with Gasteiger partial charge in [0.05, 0.1) is 13.2 Å². The van der Waals surface area contributed by atoms with Crippen LogP contribution in [0, 0.1) is 0 Å². The van der Waals surface area contributed by atoms with Gasteiger partial charge in [-0.1, -0.05) is 32.0 Å². The van der Waals surface area contributed by atoms with E-state index in [9.17, 15) is 0 Å². The van der Waals surface area contributed by atoms with Crippen molar-refractivity contribution >= 4 is 17.5 Å². The molecule has 0 atom stereocenters. The lowest BCUT2D eigenvalue weighted by molar-refractivity contribution is 0.0398. The molecule has 2 heterocycles. The zero-order valence-corrected chi connectivity index (χ0v) is 15.8. The van der Waals surface area contributed by atoms with Gasteiger partial charge in [0, 0.05) is 38.1 Å². The minimum atomic E-state index is 0.662. The van der Waals surface area contributed by atoms with E-state index in [1.54, 1.807) is 6.20 Å². The first kappa shape index (κ1) is 18.6. The molecule has 2 N–H and O–H groups in total. The maximum Gasteiger partial charge on any atom is 0.224 e. The van der Waals surface area contributed by atoms with E-state index in [0.29, 0.717) is 5.95 Å². The highest BCUT2D eigenvalue weighted by atomic mass is 16.5. The lowest BCUT2D eigenvalue weighted by Crippen LogP contribution is -2.39. The first-order valence-corrected chi connectivity index (χ1v) is 9.55. The van der Waals surface area contributed by atoms with Gasteiger partial charge in [-0.15, -0.1) is 0 Å². The molecule has 1 fully saturated rings. The van der Waals surface area contributed by atoms with E-state index in [0.717, 1.165) is 58.1 Å².